The van der Waals surface area contributed by atoms with E-state index < -0.39 is 0 Å². The summed E-state index contributed by atoms with van der Waals surface area (Å²) in [6.45, 7) is 0.995. The van der Waals surface area contributed by atoms with Gasteiger partial charge < -0.3 is 10.1 Å². The minimum absolute atomic E-state index is 0.305. The Morgan fingerprint density at radius 2 is 2.44 bits per heavy atom. The molecule has 1 aromatic heterocycles. The van der Waals surface area contributed by atoms with Crippen LogP contribution in [0, 0.1) is 17.8 Å². The highest BCUT2D eigenvalue weighted by molar-refractivity contribution is 7.17. The minimum atomic E-state index is -0.305. The second-order valence-electron chi connectivity index (χ2n) is 5.34. The first-order valence-corrected chi connectivity index (χ1v) is 7.36. The Morgan fingerprint density at radius 1 is 1.56 bits per heavy atom. The van der Waals surface area contributed by atoms with Crippen molar-refractivity contribution in [1.29, 1.82) is 0 Å². The van der Waals surface area contributed by atoms with E-state index in [2.05, 4.69) is 15.0 Å². The lowest BCUT2D eigenvalue weighted by Gasteiger charge is -2.21. The predicted octanol–water partition coefficient (Wildman–Crippen LogP) is 2.78. The van der Waals surface area contributed by atoms with Crippen LogP contribution < -0.4 is 5.32 Å². The van der Waals surface area contributed by atoms with Gasteiger partial charge in [0.2, 0.25) is 0 Å². The molecule has 1 heterocycles. The predicted molar refractivity (Wildman–Crippen MR) is 70.9 cm³/mol. The van der Waals surface area contributed by atoms with Crippen LogP contribution in [0.3, 0.4) is 0 Å². The summed E-state index contributed by atoms with van der Waals surface area (Å²) in [5.74, 6) is 2.39. The van der Waals surface area contributed by atoms with Crippen molar-refractivity contribution in [2.45, 2.75) is 25.7 Å². The summed E-state index contributed by atoms with van der Waals surface area (Å²) >= 11 is 1.37. The summed E-state index contributed by atoms with van der Waals surface area (Å²) < 4.78 is 4.67. The van der Waals surface area contributed by atoms with Gasteiger partial charge in [0, 0.05) is 6.54 Å². The zero-order valence-corrected chi connectivity index (χ0v) is 11.3. The molecular formula is C13H18N2O2S. The van der Waals surface area contributed by atoms with E-state index >= 15 is 0 Å². The summed E-state index contributed by atoms with van der Waals surface area (Å²) in [5, 5.41) is 4.20. The van der Waals surface area contributed by atoms with Crippen LogP contribution in [0.4, 0.5) is 5.13 Å². The van der Waals surface area contributed by atoms with Crippen LogP contribution in [0.25, 0.3) is 0 Å². The van der Waals surface area contributed by atoms with E-state index in [0.717, 1.165) is 29.4 Å². The first kappa shape index (κ1) is 12.0. The molecule has 3 unspecified atom stereocenters. The molecule has 2 bridgehead atoms. The third kappa shape index (κ3) is 2.23. The average Bonchev–Trinajstić information content (AvgIpc) is 3.10. The minimum Gasteiger partial charge on any atom is -0.465 e. The fraction of sp³-hybridized carbons (Fsp3) is 0.692. The van der Waals surface area contributed by atoms with Crippen LogP contribution >= 0.6 is 11.3 Å². The number of esters is 1. The number of fused-ring (bicyclic) bond motifs is 2. The molecule has 3 atom stereocenters. The molecule has 1 aromatic rings. The van der Waals surface area contributed by atoms with E-state index in [1.165, 1.54) is 44.1 Å². The monoisotopic (exact) mass is 266 g/mol. The Labute approximate surface area is 111 Å². The zero-order chi connectivity index (χ0) is 12.5. The van der Waals surface area contributed by atoms with E-state index in [1.807, 2.05) is 0 Å². The molecule has 0 aliphatic heterocycles. The molecule has 5 heteroatoms. The molecule has 2 fully saturated rings. The molecular weight excluding hydrogens is 248 g/mol. The van der Waals surface area contributed by atoms with Crippen molar-refractivity contribution in [1.82, 2.24) is 4.98 Å². The van der Waals surface area contributed by atoms with Crippen molar-refractivity contribution in [2.24, 2.45) is 17.8 Å². The molecule has 0 spiro atoms. The number of methoxy groups -OCH3 is 1. The van der Waals surface area contributed by atoms with E-state index in [9.17, 15) is 4.79 Å². The van der Waals surface area contributed by atoms with Crippen molar-refractivity contribution in [2.75, 3.05) is 19.0 Å². The maximum Gasteiger partial charge on any atom is 0.349 e. The topological polar surface area (TPSA) is 51.2 Å². The molecule has 2 saturated carbocycles. The number of aromatic nitrogens is 1. The fourth-order valence-corrected chi connectivity index (χ4v) is 4.14. The Bertz CT molecular complexity index is 446. The third-order valence-electron chi connectivity index (χ3n) is 4.29. The standard InChI is InChI=1S/C13H18N2O2S/c1-17-12(16)11-7-15-13(18-11)14-6-10-5-8-2-3-9(10)4-8/h7-10H,2-6H2,1H3,(H,14,15). The van der Waals surface area contributed by atoms with Crippen LogP contribution in [-0.4, -0.2) is 24.6 Å². The highest BCUT2D eigenvalue weighted by Gasteiger charge is 2.39. The molecule has 0 amide bonds. The summed E-state index contributed by atoms with van der Waals surface area (Å²) in [4.78, 5) is 16.1. The SMILES string of the molecule is COC(=O)c1cnc(NCC2CC3CCC2C3)s1. The number of carbonyl (C=O) groups excluding carboxylic acids is 1. The van der Waals surface area contributed by atoms with Gasteiger partial charge in [-0.3, -0.25) is 0 Å². The third-order valence-corrected chi connectivity index (χ3v) is 5.23. The summed E-state index contributed by atoms with van der Waals surface area (Å²) in [7, 11) is 1.39. The van der Waals surface area contributed by atoms with Gasteiger partial charge in [0.05, 0.1) is 13.3 Å². The molecule has 98 valence electrons. The molecule has 1 N–H and O–H groups in total. The van der Waals surface area contributed by atoms with Crippen LogP contribution in [0.5, 0.6) is 0 Å². The molecule has 0 saturated heterocycles. The van der Waals surface area contributed by atoms with Crippen molar-refractivity contribution in [3.8, 4) is 0 Å². The van der Waals surface area contributed by atoms with Gasteiger partial charge in [-0.25, -0.2) is 9.78 Å². The second kappa shape index (κ2) is 4.88. The highest BCUT2D eigenvalue weighted by Crippen LogP contribution is 2.48. The van der Waals surface area contributed by atoms with Gasteiger partial charge in [0.25, 0.3) is 0 Å². The Morgan fingerprint density at radius 3 is 3.11 bits per heavy atom. The molecule has 18 heavy (non-hydrogen) atoms. The number of hydrogen-bond donors (Lipinski definition) is 1. The van der Waals surface area contributed by atoms with Gasteiger partial charge in [0.1, 0.15) is 4.88 Å². The van der Waals surface area contributed by atoms with Gasteiger partial charge in [0.15, 0.2) is 5.13 Å². The lowest BCUT2D eigenvalue weighted by Crippen LogP contribution is -2.19. The number of anilines is 1. The molecule has 4 nitrogen and oxygen atoms in total. The van der Waals surface area contributed by atoms with Gasteiger partial charge in [-0.15, -0.1) is 0 Å². The first-order valence-electron chi connectivity index (χ1n) is 6.54. The van der Waals surface area contributed by atoms with Crippen molar-refractivity contribution in [3.05, 3.63) is 11.1 Å². The molecule has 2 aliphatic carbocycles. The van der Waals surface area contributed by atoms with E-state index in [0.29, 0.717) is 4.88 Å². The summed E-state index contributed by atoms with van der Waals surface area (Å²) in [6, 6.07) is 0. The van der Waals surface area contributed by atoms with E-state index in [4.69, 9.17) is 0 Å². The Kier molecular flexibility index (Phi) is 3.24. The quantitative estimate of drug-likeness (QED) is 0.851. The number of ether oxygens (including phenoxy) is 1. The van der Waals surface area contributed by atoms with E-state index in [1.54, 1.807) is 6.20 Å². The van der Waals surface area contributed by atoms with Crippen LogP contribution in [0.1, 0.15) is 35.4 Å². The number of nitrogens with one attached hydrogen (secondary N) is 1. The maximum atomic E-state index is 11.3. The second-order valence-corrected chi connectivity index (χ2v) is 6.37. The number of carbonyl (C=O) groups is 1. The van der Waals surface area contributed by atoms with Crippen molar-refractivity contribution >= 4 is 22.4 Å². The number of thiazole rings is 1. The Balaban J connectivity index is 1.54. The largest absolute Gasteiger partial charge is 0.465 e. The molecule has 2 aliphatic rings. The zero-order valence-electron chi connectivity index (χ0n) is 10.5. The normalized spacial score (nSPS) is 29.5. The van der Waals surface area contributed by atoms with Gasteiger partial charge >= 0.3 is 5.97 Å². The maximum absolute atomic E-state index is 11.3. The lowest BCUT2D eigenvalue weighted by molar-refractivity contribution is 0.0606. The fourth-order valence-electron chi connectivity index (χ4n) is 3.40. The lowest BCUT2D eigenvalue weighted by atomic mass is 9.89. The van der Waals surface area contributed by atoms with E-state index in [-0.39, 0.29) is 5.97 Å². The first-order chi connectivity index (χ1) is 8.76. The summed E-state index contributed by atoms with van der Waals surface area (Å²) in [6.07, 6.45) is 7.22. The van der Waals surface area contributed by atoms with Gasteiger partial charge in [-0.1, -0.05) is 17.8 Å². The van der Waals surface area contributed by atoms with Gasteiger partial charge in [-0.2, -0.15) is 0 Å². The number of hydrogen-bond acceptors (Lipinski definition) is 5. The van der Waals surface area contributed by atoms with Crippen LogP contribution in [-0.2, 0) is 4.74 Å². The van der Waals surface area contributed by atoms with Gasteiger partial charge in [-0.05, 0) is 37.0 Å². The highest BCUT2D eigenvalue weighted by atomic mass is 32.1. The molecule has 0 aromatic carbocycles. The van der Waals surface area contributed by atoms with Crippen molar-refractivity contribution in [3.63, 3.8) is 0 Å². The molecule has 0 radical (unpaired) electrons. The van der Waals surface area contributed by atoms with Crippen LogP contribution in [0.15, 0.2) is 6.20 Å². The molecule has 3 rings (SSSR count). The Hall–Kier alpha value is -1.10. The average molecular weight is 266 g/mol. The van der Waals surface area contributed by atoms with Crippen molar-refractivity contribution < 1.29 is 9.53 Å². The number of nitrogens with zero attached hydrogens (tertiary/aromatic N) is 1. The summed E-state index contributed by atoms with van der Waals surface area (Å²) in [5.41, 5.74) is 0. The van der Waals surface area contributed by atoms with Crippen LogP contribution in [0.2, 0.25) is 0 Å². The number of rotatable bonds is 4. The smallest absolute Gasteiger partial charge is 0.349 e.